The molecule has 0 aromatic rings. The second kappa shape index (κ2) is 9.75. The van der Waals surface area contributed by atoms with Gasteiger partial charge in [-0.05, 0) is 56.4 Å². The van der Waals surface area contributed by atoms with Crippen molar-refractivity contribution in [3.8, 4) is 11.8 Å². The first-order valence-corrected chi connectivity index (χ1v) is 8.68. The second-order valence-corrected chi connectivity index (χ2v) is 7.35. The van der Waals surface area contributed by atoms with Gasteiger partial charge in [0.2, 0.25) is 0 Å². The molecular formula is C21H32O2. The van der Waals surface area contributed by atoms with Crippen molar-refractivity contribution in [2.75, 3.05) is 0 Å². The van der Waals surface area contributed by atoms with Gasteiger partial charge in [0.15, 0.2) is 0 Å². The highest BCUT2D eigenvalue weighted by Gasteiger charge is 2.17. The smallest absolute Gasteiger partial charge is 0.111 e. The Labute approximate surface area is 142 Å². The molecule has 0 radical (unpaired) electrons. The molecule has 0 amide bonds. The Morgan fingerprint density at radius 3 is 2.87 bits per heavy atom. The van der Waals surface area contributed by atoms with Gasteiger partial charge in [0, 0.05) is 6.42 Å². The average molecular weight is 316 g/mol. The van der Waals surface area contributed by atoms with Crippen molar-refractivity contribution >= 4 is 0 Å². The van der Waals surface area contributed by atoms with E-state index in [1.54, 1.807) is 6.92 Å². The van der Waals surface area contributed by atoms with E-state index in [2.05, 4.69) is 50.5 Å². The Morgan fingerprint density at radius 2 is 2.17 bits per heavy atom. The predicted octanol–water partition coefficient (Wildman–Crippen LogP) is 4.54. The van der Waals surface area contributed by atoms with Crippen LogP contribution in [0.3, 0.4) is 0 Å². The molecule has 1 fully saturated rings. The van der Waals surface area contributed by atoms with Crippen LogP contribution in [0.2, 0.25) is 0 Å². The predicted molar refractivity (Wildman–Crippen MR) is 97.9 cm³/mol. The SMILES string of the molecule is C=C1CCC(O)C/C1=C/C=C/CCCC(C)(C)CC#CC(C)O. The number of allylic oxidation sites excluding steroid dienone is 4. The van der Waals surface area contributed by atoms with E-state index in [-0.39, 0.29) is 11.5 Å². The number of hydrogen-bond donors (Lipinski definition) is 2. The lowest BCUT2D eigenvalue weighted by Gasteiger charge is -2.21. The zero-order valence-electron chi connectivity index (χ0n) is 14.9. The molecule has 1 aliphatic rings. The van der Waals surface area contributed by atoms with E-state index in [1.165, 1.54) is 5.57 Å². The number of rotatable bonds is 6. The molecule has 0 aliphatic heterocycles. The number of aliphatic hydroxyl groups excluding tert-OH is 2. The first-order chi connectivity index (χ1) is 10.8. The summed E-state index contributed by atoms with van der Waals surface area (Å²) in [7, 11) is 0. The second-order valence-electron chi connectivity index (χ2n) is 7.35. The van der Waals surface area contributed by atoms with Gasteiger partial charge in [0.1, 0.15) is 6.10 Å². The highest BCUT2D eigenvalue weighted by Crippen LogP contribution is 2.28. The third-order valence-electron chi connectivity index (χ3n) is 4.22. The van der Waals surface area contributed by atoms with Gasteiger partial charge in [-0.3, -0.25) is 0 Å². The fraction of sp³-hybridized carbons (Fsp3) is 0.619. The first-order valence-electron chi connectivity index (χ1n) is 8.68. The van der Waals surface area contributed by atoms with E-state index in [1.807, 2.05) is 0 Å². The molecule has 0 aromatic heterocycles. The van der Waals surface area contributed by atoms with Crippen molar-refractivity contribution < 1.29 is 10.2 Å². The van der Waals surface area contributed by atoms with E-state index < -0.39 is 6.10 Å². The van der Waals surface area contributed by atoms with E-state index in [0.29, 0.717) is 0 Å². The molecule has 0 bridgehead atoms. The maximum absolute atomic E-state index is 9.70. The van der Waals surface area contributed by atoms with E-state index in [9.17, 15) is 5.11 Å². The topological polar surface area (TPSA) is 40.5 Å². The minimum atomic E-state index is -0.533. The molecule has 1 aliphatic carbocycles. The Morgan fingerprint density at radius 1 is 1.43 bits per heavy atom. The van der Waals surface area contributed by atoms with Crippen LogP contribution in [0.1, 0.15) is 65.7 Å². The average Bonchev–Trinajstić information content (AvgIpc) is 2.45. The van der Waals surface area contributed by atoms with E-state index in [0.717, 1.165) is 50.5 Å². The normalized spacial score (nSPS) is 22.2. The van der Waals surface area contributed by atoms with Crippen LogP contribution in [0.5, 0.6) is 0 Å². The summed E-state index contributed by atoms with van der Waals surface area (Å²) in [6.45, 7) is 10.2. The summed E-state index contributed by atoms with van der Waals surface area (Å²) >= 11 is 0. The largest absolute Gasteiger partial charge is 0.393 e. The van der Waals surface area contributed by atoms with Gasteiger partial charge in [0.25, 0.3) is 0 Å². The van der Waals surface area contributed by atoms with Crippen LogP contribution in [0.15, 0.2) is 36.0 Å². The molecule has 0 heterocycles. The standard InChI is InChI=1S/C21H32O2/c1-17-12-13-20(23)16-19(17)11-7-5-6-8-14-21(3,4)15-9-10-18(2)22/h5,7,11,18,20,22-23H,1,6,8,12-16H2,2-4H3/b7-5+,19-11-. The Balaban J connectivity index is 2.31. The summed E-state index contributed by atoms with van der Waals surface area (Å²) in [5, 5.41) is 18.9. The number of unbranched alkanes of at least 4 members (excludes halogenated alkanes) is 1. The summed E-state index contributed by atoms with van der Waals surface area (Å²) in [5.74, 6) is 5.88. The molecule has 2 heteroatoms. The molecule has 2 unspecified atom stereocenters. The minimum Gasteiger partial charge on any atom is -0.393 e. The van der Waals surface area contributed by atoms with Gasteiger partial charge in [-0.15, -0.1) is 5.92 Å². The van der Waals surface area contributed by atoms with Crippen molar-refractivity contribution in [1.82, 2.24) is 0 Å². The zero-order chi connectivity index (χ0) is 17.3. The van der Waals surface area contributed by atoms with Gasteiger partial charge in [-0.2, -0.15) is 0 Å². The van der Waals surface area contributed by atoms with E-state index in [4.69, 9.17) is 5.11 Å². The van der Waals surface area contributed by atoms with Gasteiger partial charge < -0.3 is 10.2 Å². The van der Waals surface area contributed by atoms with Gasteiger partial charge in [0.05, 0.1) is 6.10 Å². The molecule has 2 atom stereocenters. The monoisotopic (exact) mass is 316 g/mol. The highest BCUT2D eigenvalue weighted by molar-refractivity contribution is 5.34. The molecule has 2 nitrogen and oxygen atoms in total. The molecule has 2 N–H and O–H groups in total. The Hall–Kier alpha value is -1.30. The molecule has 128 valence electrons. The van der Waals surface area contributed by atoms with Crippen molar-refractivity contribution in [3.63, 3.8) is 0 Å². The first kappa shape index (κ1) is 19.7. The Kier molecular flexibility index (Phi) is 8.37. The maximum Gasteiger partial charge on any atom is 0.111 e. The quantitative estimate of drug-likeness (QED) is 0.558. The fourth-order valence-corrected chi connectivity index (χ4v) is 2.69. The lowest BCUT2D eigenvalue weighted by atomic mass is 9.84. The van der Waals surface area contributed by atoms with Crippen LogP contribution in [-0.4, -0.2) is 22.4 Å². The minimum absolute atomic E-state index is 0.190. The third-order valence-corrected chi connectivity index (χ3v) is 4.22. The van der Waals surface area contributed by atoms with Gasteiger partial charge >= 0.3 is 0 Å². The molecule has 0 saturated heterocycles. The molecule has 1 rings (SSSR count). The van der Waals surface area contributed by atoms with E-state index >= 15 is 0 Å². The number of hydrogen-bond acceptors (Lipinski definition) is 2. The van der Waals surface area contributed by atoms with Crippen molar-refractivity contribution in [3.05, 3.63) is 36.0 Å². The van der Waals surface area contributed by atoms with Gasteiger partial charge in [-0.1, -0.05) is 50.1 Å². The lowest BCUT2D eigenvalue weighted by molar-refractivity contribution is 0.158. The van der Waals surface area contributed by atoms with Crippen LogP contribution in [0.25, 0.3) is 0 Å². The van der Waals surface area contributed by atoms with Crippen LogP contribution in [0.4, 0.5) is 0 Å². The molecular weight excluding hydrogens is 284 g/mol. The fourth-order valence-electron chi connectivity index (χ4n) is 2.69. The van der Waals surface area contributed by atoms with Crippen LogP contribution < -0.4 is 0 Å². The maximum atomic E-state index is 9.70. The summed E-state index contributed by atoms with van der Waals surface area (Å²) in [5.41, 5.74) is 2.54. The zero-order valence-corrected chi connectivity index (χ0v) is 14.9. The third kappa shape index (κ3) is 8.79. The van der Waals surface area contributed by atoms with Crippen LogP contribution in [-0.2, 0) is 0 Å². The molecule has 0 spiro atoms. The van der Waals surface area contributed by atoms with Crippen molar-refractivity contribution in [2.45, 2.75) is 77.9 Å². The van der Waals surface area contributed by atoms with Crippen molar-refractivity contribution in [1.29, 1.82) is 0 Å². The van der Waals surface area contributed by atoms with Crippen molar-refractivity contribution in [2.24, 2.45) is 5.41 Å². The summed E-state index contributed by atoms with van der Waals surface area (Å²) in [4.78, 5) is 0. The van der Waals surface area contributed by atoms with Crippen LogP contribution in [0, 0.1) is 17.3 Å². The lowest BCUT2D eigenvalue weighted by Crippen LogP contribution is -2.14. The van der Waals surface area contributed by atoms with Crippen LogP contribution >= 0.6 is 0 Å². The highest BCUT2D eigenvalue weighted by atomic mass is 16.3. The summed E-state index contributed by atoms with van der Waals surface area (Å²) in [6.07, 6.45) is 12.3. The molecule has 1 saturated carbocycles. The summed E-state index contributed by atoms with van der Waals surface area (Å²) < 4.78 is 0. The molecule has 23 heavy (non-hydrogen) atoms. The Bertz CT molecular complexity index is 498. The summed E-state index contributed by atoms with van der Waals surface area (Å²) in [6, 6.07) is 0. The molecule has 0 aromatic carbocycles. The van der Waals surface area contributed by atoms with Gasteiger partial charge in [-0.25, -0.2) is 0 Å². The number of aliphatic hydroxyl groups is 2.